The van der Waals surface area contributed by atoms with Gasteiger partial charge in [0.05, 0.1) is 6.04 Å². The summed E-state index contributed by atoms with van der Waals surface area (Å²) in [6, 6.07) is 1.42. The van der Waals surface area contributed by atoms with Gasteiger partial charge in [-0.1, -0.05) is 13.8 Å². The van der Waals surface area contributed by atoms with E-state index < -0.39 is 0 Å². The van der Waals surface area contributed by atoms with E-state index in [1.165, 1.54) is 6.07 Å². The summed E-state index contributed by atoms with van der Waals surface area (Å²) < 4.78 is 0. The Morgan fingerprint density at radius 3 is 2.82 bits per heavy atom. The molecule has 0 spiro atoms. The van der Waals surface area contributed by atoms with Crippen molar-refractivity contribution in [1.82, 2.24) is 15.3 Å². The number of amides is 1. The first-order valence-corrected chi connectivity index (χ1v) is 5.69. The summed E-state index contributed by atoms with van der Waals surface area (Å²) in [7, 11) is 0. The highest BCUT2D eigenvalue weighted by molar-refractivity contribution is 5.79. The number of carbonyl (C=O) groups excluding carboxylic acids is 1. The van der Waals surface area contributed by atoms with E-state index in [9.17, 15) is 9.59 Å². The van der Waals surface area contributed by atoms with Crippen LogP contribution in [0.15, 0.2) is 10.9 Å². The third kappa shape index (κ3) is 2.83. The number of aromatic nitrogens is 2. The van der Waals surface area contributed by atoms with E-state index in [-0.39, 0.29) is 23.4 Å². The van der Waals surface area contributed by atoms with Crippen molar-refractivity contribution in [3.05, 3.63) is 22.2 Å². The van der Waals surface area contributed by atoms with Gasteiger partial charge in [0.15, 0.2) is 0 Å². The maximum absolute atomic E-state index is 11.4. The maximum Gasteiger partial charge on any atom is 0.252 e. The number of nitrogens with zero attached hydrogens (tertiary/aromatic N) is 1. The normalized spacial score (nSPS) is 19.5. The first-order valence-electron chi connectivity index (χ1n) is 5.69. The summed E-state index contributed by atoms with van der Waals surface area (Å²) in [5.74, 6) is 1.36. The van der Waals surface area contributed by atoms with Crippen LogP contribution >= 0.6 is 0 Å². The largest absolute Gasteiger partial charge is 0.365 e. The zero-order valence-electron chi connectivity index (χ0n) is 9.91. The van der Waals surface area contributed by atoms with Crippen LogP contribution in [0.25, 0.3) is 0 Å². The Hall–Kier alpha value is -1.85. The standard InChI is InChI=1S/C11H16N4O2/c1-6(2)11-14-8(4-10(17)15-11)13-7-3-9(16)12-5-7/h4,6-7H,3,5H2,1-2H3,(H,12,16)(H2,13,14,15,17). The first-order chi connectivity index (χ1) is 8.04. The highest BCUT2D eigenvalue weighted by atomic mass is 16.2. The van der Waals surface area contributed by atoms with E-state index in [0.717, 1.165) is 0 Å². The van der Waals surface area contributed by atoms with E-state index in [4.69, 9.17) is 0 Å². The molecular weight excluding hydrogens is 220 g/mol. The summed E-state index contributed by atoms with van der Waals surface area (Å²) in [6.45, 7) is 4.50. The molecule has 1 aliphatic heterocycles. The van der Waals surface area contributed by atoms with Crippen LogP contribution in [0.4, 0.5) is 5.82 Å². The van der Waals surface area contributed by atoms with Gasteiger partial charge in [-0.05, 0) is 0 Å². The third-order valence-electron chi connectivity index (χ3n) is 2.64. The van der Waals surface area contributed by atoms with Crippen molar-refractivity contribution < 1.29 is 4.79 Å². The summed E-state index contributed by atoms with van der Waals surface area (Å²) in [4.78, 5) is 29.5. The molecule has 6 nitrogen and oxygen atoms in total. The van der Waals surface area contributed by atoms with Crippen LogP contribution in [-0.2, 0) is 4.79 Å². The van der Waals surface area contributed by atoms with Crippen molar-refractivity contribution in [3.63, 3.8) is 0 Å². The maximum atomic E-state index is 11.4. The number of anilines is 1. The molecule has 0 radical (unpaired) electrons. The van der Waals surface area contributed by atoms with E-state index in [0.29, 0.717) is 24.6 Å². The molecule has 1 amide bonds. The zero-order valence-corrected chi connectivity index (χ0v) is 9.91. The van der Waals surface area contributed by atoms with Crippen molar-refractivity contribution in [1.29, 1.82) is 0 Å². The Balaban J connectivity index is 2.15. The number of carbonyl (C=O) groups is 1. The monoisotopic (exact) mass is 236 g/mol. The van der Waals surface area contributed by atoms with Gasteiger partial charge in [0.1, 0.15) is 11.6 Å². The number of hydrogen-bond acceptors (Lipinski definition) is 4. The van der Waals surface area contributed by atoms with Crippen LogP contribution in [0, 0.1) is 0 Å². The molecule has 3 N–H and O–H groups in total. The van der Waals surface area contributed by atoms with Gasteiger partial charge in [-0.2, -0.15) is 0 Å². The first kappa shape index (κ1) is 11.6. The van der Waals surface area contributed by atoms with Crippen molar-refractivity contribution in [3.8, 4) is 0 Å². The Labute approximate surface area is 98.8 Å². The van der Waals surface area contributed by atoms with Gasteiger partial charge in [0.2, 0.25) is 5.91 Å². The molecule has 1 aromatic heterocycles. The summed E-state index contributed by atoms with van der Waals surface area (Å²) in [5.41, 5.74) is -0.177. The van der Waals surface area contributed by atoms with Gasteiger partial charge >= 0.3 is 0 Å². The predicted molar refractivity (Wildman–Crippen MR) is 64.0 cm³/mol. The van der Waals surface area contributed by atoms with Crippen molar-refractivity contribution in [2.24, 2.45) is 0 Å². The third-order valence-corrected chi connectivity index (χ3v) is 2.64. The van der Waals surface area contributed by atoms with Gasteiger partial charge in [-0.15, -0.1) is 0 Å². The Kier molecular flexibility index (Phi) is 3.12. The number of hydrogen-bond donors (Lipinski definition) is 3. The number of rotatable bonds is 3. The van der Waals surface area contributed by atoms with Crippen molar-refractivity contribution in [2.75, 3.05) is 11.9 Å². The molecule has 0 aliphatic carbocycles. The molecule has 1 saturated heterocycles. The Morgan fingerprint density at radius 1 is 1.47 bits per heavy atom. The van der Waals surface area contributed by atoms with Crippen LogP contribution in [0.5, 0.6) is 0 Å². The van der Waals surface area contributed by atoms with E-state index in [1.54, 1.807) is 0 Å². The molecule has 2 rings (SSSR count). The molecule has 1 atom stereocenters. The summed E-state index contributed by atoms with van der Waals surface area (Å²) in [6.07, 6.45) is 0.422. The molecule has 2 heterocycles. The van der Waals surface area contributed by atoms with E-state index >= 15 is 0 Å². The van der Waals surface area contributed by atoms with Gasteiger partial charge in [0.25, 0.3) is 5.56 Å². The van der Waals surface area contributed by atoms with Gasteiger partial charge in [-0.25, -0.2) is 4.98 Å². The second-order valence-electron chi connectivity index (χ2n) is 4.52. The van der Waals surface area contributed by atoms with Crippen molar-refractivity contribution in [2.45, 2.75) is 32.2 Å². The minimum Gasteiger partial charge on any atom is -0.365 e. The average molecular weight is 236 g/mol. The lowest BCUT2D eigenvalue weighted by atomic mass is 10.2. The molecule has 17 heavy (non-hydrogen) atoms. The minimum absolute atomic E-state index is 0.0109. The number of aromatic amines is 1. The van der Waals surface area contributed by atoms with Crippen LogP contribution in [0.3, 0.4) is 0 Å². The molecule has 1 fully saturated rings. The van der Waals surface area contributed by atoms with Crippen molar-refractivity contribution >= 4 is 11.7 Å². The molecular formula is C11H16N4O2. The fourth-order valence-electron chi connectivity index (χ4n) is 1.74. The molecule has 0 aromatic carbocycles. The topological polar surface area (TPSA) is 86.9 Å². The number of nitrogens with one attached hydrogen (secondary N) is 3. The molecule has 92 valence electrons. The quantitative estimate of drug-likeness (QED) is 0.699. The molecule has 1 aromatic rings. The predicted octanol–water partition coefficient (Wildman–Crippen LogP) is 0.194. The SMILES string of the molecule is CC(C)c1nc(NC2CNC(=O)C2)cc(=O)[nH]1. The fourth-order valence-corrected chi connectivity index (χ4v) is 1.74. The van der Waals surface area contributed by atoms with Gasteiger partial charge in [0, 0.05) is 24.9 Å². The van der Waals surface area contributed by atoms with Gasteiger partial charge < -0.3 is 15.6 Å². The molecule has 1 aliphatic rings. The summed E-state index contributed by atoms with van der Waals surface area (Å²) >= 11 is 0. The van der Waals surface area contributed by atoms with Crippen LogP contribution in [0.2, 0.25) is 0 Å². The van der Waals surface area contributed by atoms with Gasteiger partial charge in [-0.3, -0.25) is 9.59 Å². The Morgan fingerprint density at radius 2 is 2.24 bits per heavy atom. The molecule has 0 bridgehead atoms. The second kappa shape index (κ2) is 4.57. The summed E-state index contributed by atoms with van der Waals surface area (Å²) in [5, 5.41) is 5.82. The van der Waals surface area contributed by atoms with E-state index in [2.05, 4.69) is 20.6 Å². The zero-order chi connectivity index (χ0) is 12.4. The second-order valence-corrected chi connectivity index (χ2v) is 4.52. The lowest BCUT2D eigenvalue weighted by Crippen LogP contribution is -2.24. The lowest BCUT2D eigenvalue weighted by molar-refractivity contribution is -0.119. The smallest absolute Gasteiger partial charge is 0.252 e. The molecule has 6 heteroatoms. The highest BCUT2D eigenvalue weighted by Crippen LogP contribution is 2.11. The molecule has 1 unspecified atom stereocenters. The highest BCUT2D eigenvalue weighted by Gasteiger charge is 2.21. The van der Waals surface area contributed by atoms with Crippen LogP contribution < -0.4 is 16.2 Å². The average Bonchev–Trinajstić information content (AvgIpc) is 2.63. The van der Waals surface area contributed by atoms with Crippen LogP contribution in [0.1, 0.15) is 32.0 Å². The van der Waals surface area contributed by atoms with E-state index in [1.807, 2.05) is 13.8 Å². The van der Waals surface area contributed by atoms with Crippen LogP contribution in [-0.4, -0.2) is 28.5 Å². The lowest BCUT2D eigenvalue weighted by Gasteiger charge is -2.12. The minimum atomic E-state index is -0.177. The Bertz CT molecular complexity index is 481. The number of H-pyrrole nitrogens is 1. The fraction of sp³-hybridized carbons (Fsp3) is 0.545. The molecule has 0 saturated carbocycles.